The van der Waals surface area contributed by atoms with Crippen LogP contribution in [-0.2, 0) is 6.42 Å². The van der Waals surface area contributed by atoms with Crippen molar-refractivity contribution in [3.63, 3.8) is 0 Å². The number of hydrogen-bond acceptors (Lipinski definition) is 4. The summed E-state index contributed by atoms with van der Waals surface area (Å²) >= 11 is 0. The average molecular weight is 214 g/mol. The van der Waals surface area contributed by atoms with E-state index < -0.39 is 0 Å². The molecule has 4 heteroatoms. The van der Waals surface area contributed by atoms with Crippen LogP contribution in [0, 0.1) is 6.92 Å². The molecule has 2 aromatic rings. The number of nitrogens with zero attached hydrogens (tertiary/aromatic N) is 2. The zero-order valence-corrected chi connectivity index (χ0v) is 8.86. The van der Waals surface area contributed by atoms with Gasteiger partial charge in [-0.1, -0.05) is 17.3 Å². The van der Waals surface area contributed by atoms with Gasteiger partial charge in [0.2, 0.25) is 11.7 Å². The Balaban J connectivity index is 2.08. The minimum Gasteiger partial charge on any atom is -0.339 e. The molecule has 0 amide bonds. The van der Waals surface area contributed by atoms with Crippen LogP contribution in [-0.4, -0.2) is 15.9 Å². The van der Waals surface area contributed by atoms with Crippen LogP contribution in [0.2, 0.25) is 0 Å². The lowest BCUT2D eigenvalue weighted by Crippen LogP contribution is -1.91. The summed E-state index contributed by atoms with van der Waals surface area (Å²) in [6.07, 6.45) is 1.43. The molecule has 0 saturated heterocycles. The topological polar surface area (TPSA) is 56.0 Å². The Morgan fingerprint density at radius 3 is 2.94 bits per heavy atom. The van der Waals surface area contributed by atoms with Gasteiger partial charge in [-0.25, -0.2) is 0 Å². The Kier molecular flexibility index (Phi) is 1.89. The summed E-state index contributed by atoms with van der Waals surface area (Å²) in [6, 6.07) is 5.70. The molecule has 0 bridgehead atoms. The zero-order valence-electron chi connectivity index (χ0n) is 8.86. The van der Waals surface area contributed by atoms with E-state index in [1.54, 1.807) is 6.92 Å². The number of benzene rings is 1. The Morgan fingerprint density at radius 2 is 2.19 bits per heavy atom. The van der Waals surface area contributed by atoms with Gasteiger partial charge in [0.05, 0.1) is 0 Å². The third kappa shape index (κ3) is 1.34. The number of fused-ring (bicyclic) bond motifs is 1. The molecule has 80 valence electrons. The van der Waals surface area contributed by atoms with Crippen molar-refractivity contribution in [3.05, 3.63) is 35.2 Å². The van der Waals surface area contributed by atoms with Crippen LogP contribution in [0.25, 0.3) is 11.4 Å². The van der Waals surface area contributed by atoms with Crippen molar-refractivity contribution in [2.45, 2.75) is 19.8 Å². The van der Waals surface area contributed by atoms with E-state index in [1.807, 2.05) is 18.2 Å². The Labute approximate surface area is 92.3 Å². The molecule has 1 heterocycles. The largest absolute Gasteiger partial charge is 0.339 e. The molecule has 3 rings (SSSR count). The van der Waals surface area contributed by atoms with E-state index in [0.717, 1.165) is 23.1 Å². The summed E-state index contributed by atoms with van der Waals surface area (Å²) in [5.74, 6) is 1.36. The third-order valence-electron chi connectivity index (χ3n) is 2.81. The highest BCUT2D eigenvalue weighted by atomic mass is 16.5. The Morgan fingerprint density at radius 1 is 1.31 bits per heavy atom. The maximum absolute atomic E-state index is 11.5. The van der Waals surface area contributed by atoms with Gasteiger partial charge in [-0.05, 0) is 18.1 Å². The zero-order chi connectivity index (χ0) is 11.1. The molecule has 0 atom stereocenters. The molecule has 1 aromatic heterocycles. The highest BCUT2D eigenvalue weighted by molar-refractivity contribution is 6.00. The SMILES string of the molecule is Cc1nc(-c2ccc3c(c2)CCC3=O)no1. The fraction of sp³-hybridized carbons (Fsp3) is 0.250. The Bertz CT molecular complexity index is 572. The molecule has 0 fully saturated rings. The van der Waals surface area contributed by atoms with E-state index >= 15 is 0 Å². The second kappa shape index (κ2) is 3.27. The van der Waals surface area contributed by atoms with Gasteiger partial charge in [0, 0.05) is 24.5 Å². The van der Waals surface area contributed by atoms with Gasteiger partial charge < -0.3 is 4.52 Å². The molecule has 0 radical (unpaired) electrons. The number of hydrogen-bond donors (Lipinski definition) is 0. The summed E-state index contributed by atoms with van der Waals surface area (Å²) in [5.41, 5.74) is 2.83. The monoisotopic (exact) mass is 214 g/mol. The number of aryl methyl sites for hydroxylation is 2. The number of ketones is 1. The fourth-order valence-electron chi connectivity index (χ4n) is 2.01. The first-order valence-electron chi connectivity index (χ1n) is 5.21. The first-order valence-corrected chi connectivity index (χ1v) is 5.21. The second-order valence-electron chi connectivity index (χ2n) is 3.93. The molecule has 0 N–H and O–H groups in total. The van der Waals surface area contributed by atoms with Gasteiger partial charge in [-0.3, -0.25) is 4.79 Å². The van der Waals surface area contributed by atoms with Crippen molar-refractivity contribution in [1.29, 1.82) is 0 Å². The van der Waals surface area contributed by atoms with Crippen molar-refractivity contribution in [3.8, 4) is 11.4 Å². The molecule has 4 nitrogen and oxygen atoms in total. The van der Waals surface area contributed by atoms with Gasteiger partial charge in [0.15, 0.2) is 5.78 Å². The predicted octanol–water partition coefficient (Wildman–Crippen LogP) is 2.17. The van der Waals surface area contributed by atoms with Crippen molar-refractivity contribution in [2.24, 2.45) is 0 Å². The molecular weight excluding hydrogens is 204 g/mol. The van der Waals surface area contributed by atoms with Gasteiger partial charge in [0.25, 0.3) is 0 Å². The quantitative estimate of drug-likeness (QED) is 0.730. The van der Waals surface area contributed by atoms with Crippen LogP contribution in [0.15, 0.2) is 22.7 Å². The second-order valence-corrected chi connectivity index (χ2v) is 3.93. The van der Waals surface area contributed by atoms with E-state index in [4.69, 9.17) is 4.52 Å². The summed E-state index contributed by atoms with van der Waals surface area (Å²) in [6.45, 7) is 1.76. The molecule has 0 saturated carbocycles. The summed E-state index contributed by atoms with van der Waals surface area (Å²) in [4.78, 5) is 15.6. The molecule has 0 unspecified atom stereocenters. The summed E-state index contributed by atoms with van der Waals surface area (Å²) in [5, 5.41) is 3.86. The molecule has 0 spiro atoms. The number of Topliss-reactive ketones (excluding diaryl/α,β-unsaturated/α-hetero) is 1. The normalized spacial score (nSPS) is 14.2. The van der Waals surface area contributed by atoms with E-state index in [-0.39, 0.29) is 5.78 Å². The van der Waals surface area contributed by atoms with Gasteiger partial charge in [0.1, 0.15) is 0 Å². The number of rotatable bonds is 1. The van der Waals surface area contributed by atoms with Gasteiger partial charge >= 0.3 is 0 Å². The first-order chi connectivity index (χ1) is 7.74. The van der Waals surface area contributed by atoms with E-state index in [2.05, 4.69) is 10.1 Å². The lowest BCUT2D eigenvalue weighted by Gasteiger charge is -1.99. The average Bonchev–Trinajstić information content (AvgIpc) is 2.86. The standard InChI is InChI=1S/C12H10N2O2/c1-7-13-12(14-16-7)9-2-4-10-8(6-9)3-5-11(10)15/h2,4,6H,3,5H2,1H3. The minimum atomic E-state index is 0.228. The van der Waals surface area contributed by atoms with Crippen molar-refractivity contribution < 1.29 is 9.32 Å². The molecule has 1 aliphatic carbocycles. The van der Waals surface area contributed by atoms with E-state index in [9.17, 15) is 4.79 Å². The van der Waals surface area contributed by atoms with Crippen LogP contribution in [0.3, 0.4) is 0 Å². The van der Waals surface area contributed by atoms with Crippen LogP contribution in [0.5, 0.6) is 0 Å². The molecule has 1 aromatic carbocycles. The van der Waals surface area contributed by atoms with Gasteiger partial charge in [-0.2, -0.15) is 4.98 Å². The number of carbonyl (C=O) groups is 1. The smallest absolute Gasteiger partial charge is 0.223 e. The fourth-order valence-corrected chi connectivity index (χ4v) is 2.01. The predicted molar refractivity (Wildman–Crippen MR) is 57.1 cm³/mol. The van der Waals surface area contributed by atoms with Crippen LogP contribution in [0.4, 0.5) is 0 Å². The van der Waals surface area contributed by atoms with Crippen molar-refractivity contribution >= 4 is 5.78 Å². The van der Waals surface area contributed by atoms with Crippen LogP contribution < -0.4 is 0 Å². The maximum Gasteiger partial charge on any atom is 0.223 e. The third-order valence-corrected chi connectivity index (χ3v) is 2.81. The number of carbonyl (C=O) groups excluding carboxylic acids is 1. The lowest BCUT2D eigenvalue weighted by atomic mass is 10.1. The Hall–Kier alpha value is -1.97. The molecule has 1 aliphatic rings. The van der Waals surface area contributed by atoms with E-state index in [0.29, 0.717) is 18.1 Å². The van der Waals surface area contributed by atoms with Crippen molar-refractivity contribution in [1.82, 2.24) is 10.1 Å². The highest BCUT2D eigenvalue weighted by Crippen LogP contribution is 2.26. The molecular formula is C12H10N2O2. The molecule has 0 aliphatic heterocycles. The number of aromatic nitrogens is 2. The molecule has 16 heavy (non-hydrogen) atoms. The minimum absolute atomic E-state index is 0.228. The summed E-state index contributed by atoms with van der Waals surface area (Å²) in [7, 11) is 0. The lowest BCUT2D eigenvalue weighted by molar-refractivity contribution is 0.0994. The van der Waals surface area contributed by atoms with Crippen molar-refractivity contribution in [2.75, 3.05) is 0 Å². The van der Waals surface area contributed by atoms with Crippen LogP contribution >= 0.6 is 0 Å². The maximum atomic E-state index is 11.5. The first kappa shape index (κ1) is 9.27. The summed E-state index contributed by atoms with van der Waals surface area (Å²) < 4.78 is 4.93. The van der Waals surface area contributed by atoms with Gasteiger partial charge in [-0.15, -0.1) is 0 Å². The highest BCUT2D eigenvalue weighted by Gasteiger charge is 2.20. The van der Waals surface area contributed by atoms with E-state index in [1.165, 1.54) is 0 Å². The van der Waals surface area contributed by atoms with Crippen LogP contribution in [0.1, 0.15) is 28.2 Å².